The van der Waals surface area contributed by atoms with Crippen LogP contribution >= 0.6 is 11.6 Å². The van der Waals surface area contributed by atoms with Crippen LogP contribution in [0.4, 0.5) is 5.69 Å². The topological polar surface area (TPSA) is 75.3 Å². The molecule has 0 fully saturated rings. The average molecular weight is 325 g/mol. The zero-order valence-corrected chi connectivity index (χ0v) is 12.7. The monoisotopic (exact) mass is 324 g/mol. The van der Waals surface area contributed by atoms with Gasteiger partial charge in [0.25, 0.3) is 5.91 Å². The van der Waals surface area contributed by atoms with E-state index in [0.717, 1.165) is 0 Å². The predicted octanol–water partition coefficient (Wildman–Crippen LogP) is 2.50. The zero-order chi connectivity index (χ0) is 15.5. The highest BCUT2D eigenvalue weighted by molar-refractivity contribution is 7.89. The van der Waals surface area contributed by atoms with Crippen molar-refractivity contribution in [3.8, 4) is 0 Å². The van der Waals surface area contributed by atoms with Gasteiger partial charge in [0.05, 0.1) is 4.90 Å². The van der Waals surface area contributed by atoms with Gasteiger partial charge >= 0.3 is 0 Å². The molecule has 0 aromatic heterocycles. The number of carbonyl (C=O) groups is 1. The van der Waals surface area contributed by atoms with E-state index in [2.05, 4.69) is 10.0 Å². The second-order valence-electron chi connectivity index (χ2n) is 4.20. The molecule has 0 aliphatic heterocycles. The van der Waals surface area contributed by atoms with E-state index in [1.54, 1.807) is 24.3 Å². The van der Waals surface area contributed by atoms with Gasteiger partial charge in [0.15, 0.2) is 0 Å². The molecule has 2 aromatic carbocycles. The van der Waals surface area contributed by atoms with Crippen LogP contribution in [-0.2, 0) is 10.0 Å². The fourth-order valence-electron chi connectivity index (χ4n) is 1.67. The van der Waals surface area contributed by atoms with E-state index in [-0.39, 0.29) is 10.8 Å². The van der Waals surface area contributed by atoms with Gasteiger partial charge in [0, 0.05) is 16.3 Å². The van der Waals surface area contributed by atoms with Gasteiger partial charge < -0.3 is 5.32 Å². The van der Waals surface area contributed by atoms with Gasteiger partial charge in [-0.3, -0.25) is 4.79 Å². The second-order valence-corrected chi connectivity index (χ2v) is 6.52. The third kappa shape index (κ3) is 3.81. The number of benzene rings is 2. The van der Waals surface area contributed by atoms with E-state index < -0.39 is 10.0 Å². The minimum absolute atomic E-state index is 0.101. The van der Waals surface area contributed by atoms with Gasteiger partial charge in [-0.2, -0.15) is 0 Å². The summed E-state index contributed by atoms with van der Waals surface area (Å²) in [5.41, 5.74) is 0.921. The molecule has 7 heteroatoms. The first kappa shape index (κ1) is 15.5. The number of carbonyl (C=O) groups excluding carboxylic acids is 1. The molecule has 0 atom stereocenters. The summed E-state index contributed by atoms with van der Waals surface area (Å²) in [6.45, 7) is 0. The van der Waals surface area contributed by atoms with Crippen molar-refractivity contribution in [3.63, 3.8) is 0 Å². The highest BCUT2D eigenvalue weighted by atomic mass is 35.5. The Bertz CT molecular complexity index is 758. The molecule has 0 aliphatic carbocycles. The third-order valence-corrected chi connectivity index (χ3v) is 4.44. The summed E-state index contributed by atoms with van der Waals surface area (Å²) in [6.07, 6.45) is 0. The maximum absolute atomic E-state index is 12.0. The van der Waals surface area contributed by atoms with Gasteiger partial charge in [0.2, 0.25) is 10.0 Å². The van der Waals surface area contributed by atoms with E-state index in [0.29, 0.717) is 16.3 Å². The molecule has 0 aliphatic rings. The lowest BCUT2D eigenvalue weighted by atomic mass is 10.2. The van der Waals surface area contributed by atoms with Crippen LogP contribution in [0.5, 0.6) is 0 Å². The molecule has 2 rings (SSSR count). The van der Waals surface area contributed by atoms with Crippen molar-refractivity contribution in [3.05, 3.63) is 59.1 Å². The minimum atomic E-state index is -3.50. The van der Waals surface area contributed by atoms with E-state index in [9.17, 15) is 13.2 Å². The number of sulfonamides is 1. The first-order chi connectivity index (χ1) is 9.92. The van der Waals surface area contributed by atoms with Crippen molar-refractivity contribution >= 4 is 33.2 Å². The molecule has 0 saturated heterocycles. The Morgan fingerprint density at radius 3 is 2.33 bits per heavy atom. The second kappa shape index (κ2) is 6.26. The summed E-state index contributed by atoms with van der Waals surface area (Å²) in [5, 5.41) is 3.20. The molecule has 2 aromatic rings. The zero-order valence-electron chi connectivity index (χ0n) is 11.1. The lowest BCUT2D eigenvalue weighted by molar-refractivity contribution is 0.102. The first-order valence-corrected chi connectivity index (χ1v) is 7.89. The van der Waals surface area contributed by atoms with Crippen LogP contribution < -0.4 is 10.0 Å². The summed E-state index contributed by atoms with van der Waals surface area (Å²) in [5.74, 6) is -0.342. The van der Waals surface area contributed by atoms with Crippen molar-refractivity contribution in [1.29, 1.82) is 0 Å². The van der Waals surface area contributed by atoms with Crippen LogP contribution in [0.15, 0.2) is 53.4 Å². The predicted molar refractivity (Wildman–Crippen MR) is 82.1 cm³/mol. The largest absolute Gasteiger partial charge is 0.322 e. The number of nitrogens with one attached hydrogen (secondary N) is 2. The van der Waals surface area contributed by atoms with Crippen molar-refractivity contribution in [1.82, 2.24) is 4.72 Å². The highest BCUT2D eigenvalue weighted by Gasteiger charge is 2.12. The Morgan fingerprint density at radius 2 is 1.76 bits per heavy atom. The van der Waals surface area contributed by atoms with Gasteiger partial charge in [-0.25, -0.2) is 13.1 Å². The van der Waals surface area contributed by atoms with Crippen molar-refractivity contribution in [2.24, 2.45) is 0 Å². The van der Waals surface area contributed by atoms with Gasteiger partial charge in [-0.05, 0) is 49.5 Å². The number of halogens is 1. The molecule has 0 saturated carbocycles. The summed E-state index contributed by atoms with van der Waals surface area (Å²) in [4.78, 5) is 12.1. The van der Waals surface area contributed by atoms with Crippen molar-refractivity contribution in [2.75, 3.05) is 12.4 Å². The summed E-state index contributed by atoms with van der Waals surface area (Å²) < 4.78 is 25.4. The molecule has 1 amide bonds. The van der Waals surface area contributed by atoms with Gasteiger partial charge in [-0.15, -0.1) is 0 Å². The SMILES string of the molecule is CNS(=O)(=O)c1ccc(C(=O)Nc2cccc(Cl)c2)cc1. The summed E-state index contributed by atoms with van der Waals surface area (Å²) in [6, 6.07) is 12.4. The standard InChI is InChI=1S/C14H13ClN2O3S/c1-16-21(19,20)13-7-5-10(6-8-13)14(18)17-12-4-2-3-11(15)9-12/h2-9,16H,1H3,(H,17,18). The minimum Gasteiger partial charge on any atom is -0.322 e. The van der Waals surface area contributed by atoms with E-state index >= 15 is 0 Å². The molecule has 21 heavy (non-hydrogen) atoms. The van der Waals surface area contributed by atoms with Gasteiger partial charge in [-0.1, -0.05) is 17.7 Å². The van der Waals surface area contributed by atoms with Crippen molar-refractivity contribution < 1.29 is 13.2 Å². The third-order valence-electron chi connectivity index (χ3n) is 2.78. The highest BCUT2D eigenvalue weighted by Crippen LogP contribution is 2.16. The van der Waals surface area contributed by atoms with Crippen LogP contribution in [0.1, 0.15) is 10.4 Å². The number of anilines is 1. The Morgan fingerprint density at radius 1 is 1.10 bits per heavy atom. The Labute approximate surface area is 128 Å². The van der Waals surface area contributed by atoms with E-state index in [1.807, 2.05) is 0 Å². The van der Waals surface area contributed by atoms with Crippen LogP contribution in [0, 0.1) is 0 Å². The van der Waals surface area contributed by atoms with E-state index in [1.165, 1.54) is 31.3 Å². The van der Waals surface area contributed by atoms with Crippen molar-refractivity contribution in [2.45, 2.75) is 4.90 Å². The Kier molecular flexibility index (Phi) is 4.62. The van der Waals surface area contributed by atoms with Gasteiger partial charge in [0.1, 0.15) is 0 Å². The summed E-state index contributed by atoms with van der Waals surface area (Å²) >= 11 is 5.84. The molecule has 0 radical (unpaired) electrons. The quantitative estimate of drug-likeness (QED) is 0.907. The number of hydrogen-bond acceptors (Lipinski definition) is 3. The number of hydrogen-bond donors (Lipinski definition) is 2. The average Bonchev–Trinajstić information content (AvgIpc) is 2.47. The van der Waals surface area contributed by atoms with Crippen LogP contribution in [0.25, 0.3) is 0 Å². The molecular formula is C14H13ClN2O3S. The number of rotatable bonds is 4. The molecule has 0 heterocycles. The Balaban J connectivity index is 2.17. The number of amides is 1. The first-order valence-electron chi connectivity index (χ1n) is 6.03. The lowest BCUT2D eigenvalue weighted by Crippen LogP contribution is -2.19. The molecule has 0 unspecified atom stereocenters. The van der Waals surface area contributed by atoms with Crippen LogP contribution in [-0.4, -0.2) is 21.4 Å². The Hall–Kier alpha value is -1.89. The molecule has 0 spiro atoms. The smallest absolute Gasteiger partial charge is 0.255 e. The molecule has 110 valence electrons. The maximum atomic E-state index is 12.0. The lowest BCUT2D eigenvalue weighted by Gasteiger charge is -2.07. The normalized spacial score (nSPS) is 11.1. The molecular weight excluding hydrogens is 312 g/mol. The van der Waals surface area contributed by atoms with Crippen LogP contribution in [0.2, 0.25) is 5.02 Å². The fourth-order valence-corrected chi connectivity index (χ4v) is 2.59. The molecule has 5 nitrogen and oxygen atoms in total. The summed E-state index contributed by atoms with van der Waals surface area (Å²) in [7, 11) is -2.18. The molecule has 2 N–H and O–H groups in total. The maximum Gasteiger partial charge on any atom is 0.255 e. The molecule has 0 bridgehead atoms. The van der Waals surface area contributed by atoms with Crippen LogP contribution in [0.3, 0.4) is 0 Å². The van der Waals surface area contributed by atoms with E-state index in [4.69, 9.17) is 11.6 Å². The fraction of sp³-hybridized carbons (Fsp3) is 0.0714.